The Morgan fingerprint density at radius 3 is 1.86 bits per heavy atom. The maximum absolute atomic E-state index is 12.4. The van der Waals surface area contributed by atoms with Gasteiger partial charge in [0.2, 0.25) is 0 Å². The summed E-state index contributed by atoms with van der Waals surface area (Å²) < 4.78 is 43.0. The van der Waals surface area contributed by atoms with E-state index < -0.39 is 17.4 Å². The molecule has 3 N–H and O–H groups in total. The van der Waals surface area contributed by atoms with Crippen molar-refractivity contribution in [3.8, 4) is 22.5 Å². The van der Waals surface area contributed by atoms with Crippen LogP contribution in [-0.2, 0) is 10.1 Å². The van der Waals surface area contributed by atoms with E-state index in [-0.39, 0.29) is 4.90 Å². The molecule has 0 fully saturated rings. The molecule has 0 amide bonds. The number of hydrogen-bond donors (Lipinski definition) is 2. The molecule has 50 heavy (non-hydrogen) atoms. The van der Waals surface area contributed by atoms with Gasteiger partial charge in [-0.3, -0.25) is 4.55 Å². The topological polar surface area (TPSA) is 96.5 Å². The molecule has 9 heteroatoms. The van der Waals surface area contributed by atoms with Crippen molar-refractivity contribution in [3.63, 3.8) is 0 Å². The van der Waals surface area contributed by atoms with Gasteiger partial charge in [0, 0.05) is 0 Å². The average molecular weight is 720 g/mol. The van der Waals surface area contributed by atoms with Crippen molar-refractivity contribution in [1.29, 1.82) is 0 Å². The number of unbranched alkanes of at least 4 members (excludes halogenated alkanes) is 1. The van der Waals surface area contributed by atoms with Gasteiger partial charge in [0.15, 0.2) is 0 Å². The Bertz CT molecular complexity index is 2340. The van der Waals surface area contributed by atoms with Crippen molar-refractivity contribution in [3.05, 3.63) is 162 Å². The molecule has 0 spiro atoms. The predicted molar refractivity (Wildman–Crippen MR) is 208 cm³/mol. The SMILES string of the molecule is N/[N+](CCCC[PH](c1ccccc1)(c1ccccc1)c1ccccc1)=c1\ccc2c(-c3ccccc3S(=O)(=O)O)c3ccc(Cl)cc3oc-2c1. The molecule has 5 aromatic rings. The summed E-state index contributed by atoms with van der Waals surface area (Å²) in [6, 6.07) is 50.0. The fourth-order valence-electron chi connectivity index (χ4n) is 7.12. The van der Waals surface area contributed by atoms with Crippen molar-refractivity contribution >= 4 is 55.9 Å². The van der Waals surface area contributed by atoms with E-state index in [0.29, 0.717) is 45.0 Å². The van der Waals surface area contributed by atoms with Gasteiger partial charge in [-0.1, -0.05) is 23.7 Å². The number of hydrogen-bond acceptors (Lipinski definition) is 4. The second-order valence-corrected chi connectivity index (χ2v) is 18.3. The van der Waals surface area contributed by atoms with Gasteiger partial charge in [0.1, 0.15) is 0 Å². The second kappa shape index (κ2) is 14.2. The molecule has 7 rings (SSSR count). The molecule has 1 heterocycles. The fourth-order valence-corrected chi connectivity index (χ4v) is 12.9. The fraction of sp³-hybridized carbons (Fsp3) is 0.0976. The molecule has 2 aliphatic rings. The normalized spacial score (nSPS) is 13.0. The summed E-state index contributed by atoms with van der Waals surface area (Å²) in [6.45, 7) is 0.617. The van der Waals surface area contributed by atoms with Crippen LogP contribution in [0.3, 0.4) is 0 Å². The van der Waals surface area contributed by atoms with E-state index in [4.69, 9.17) is 21.9 Å². The molecule has 0 atom stereocenters. The second-order valence-electron chi connectivity index (χ2n) is 12.4. The average Bonchev–Trinajstić information content (AvgIpc) is 3.14. The van der Waals surface area contributed by atoms with Crippen molar-refractivity contribution in [2.24, 2.45) is 5.84 Å². The van der Waals surface area contributed by atoms with Gasteiger partial charge >= 0.3 is 240 Å². The maximum atomic E-state index is 12.4. The Balaban J connectivity index is 1.25. The molecule has 0 saturated heterocycles. The third-order valence-electron chi connectivity index (χ3n) is 9.43. The monoisotopic (exact) mass is 719 g/mol. The molecule has 5 aromatic carbocycles. The van der Waals surface area contributed by atoms with Crippen LogP contribution >= 0.6 is 18.9 Å². The Morgan fingerprint density at radius 1 is 0.680 bits per heavy atom. The van der Waals surface area contributed by atoms with Crippen molar-refractivity contribution in [1.82, 2.24) is 4.68 Å². The number of rotatable bonds is 10. The number of fused-ring (bicyclic) bond motifs is 2. The third kappa shape index (κ3) is 6.58. The number of halogens is 1. The van der Waals surface area contributed by atoms with Gasteiger partial charge in [0.05, 0.1) is 0 Å². The minimum absolute atomic E-state index is 0.186. The molecule has 0 unspecified atom stereocenters. The Kier molecular flexibility index (Phi) is 9.58. The van der Waals surface area contributed by atoms with Crippen LogP contribution in [0.25, 0.3) is 33.4 Å². The van der Waals surface area contributed by atoms with Crippen molar-refractivity contribution < 1.29 is 17.4 Å². The van der Waals surface area contributed by atoms with E-state index in [2.05, 4.69) is 91.0 Å². The van der Waals surface area contributed by atoms with Crippen LogP contribution in [0.2, 0.25) is 5.02 Å². The van der Waals surface area contributed by atoms with Crippen LogP contribution in [0.15, 0.2) is 161 Å². The van der Waals surface area contributed by atoms with Crippen LogP contribution in [0.5, 0.6) is 0 Å². The van der Waals surface area contributed by atoms with Crippen LogP contribution in [0.1, 0.15) is 12.8 Å². The summed E-state index contributed by atoms with van der Waals surface area (Å²) in [7, 11) is -6.85. The zero-order valence-corrected chi connectivity index (χ0v) is 29.8. The van der Waals surface area contributed by atoms with Gasteiger partial charge in [0.25, 0.3) is 10.1 Å². The molecule has 0 bridgehead atoms. The molecule has 0 saturated carbocycles. The van der Waals surface area contributed by atoms with Crippen LogP contribution in [-0.4, -0.2) is 25.7 Å². The number of nitrogens with two attached hydrogens (primary N) is 1. The van der Waals surface area contributed by atoms with Gasteiger partial charge in [-0.15, -0.1) is 0 Å². The number of benzene rings is 6. The molecule has 1 aliphatic carbocycles. The molecule has 0 radical (unpaired) electrons. The quantitative estimate of drug-likeness (QED) is 0.0295. The Hall–Kier alpha value is -4.78. The summed E-state index contributed by atoms with van der Waals surface area (Å²) in [5.41, 5.74) is 2.14. The first-order chi connectivity index (χ1) is 24.3. The molecule has 6 nitrogen and oxygen atoms in total. The van der Waals surface area contributed by atoms with E-state index in [1.54, 1.807) is 41.1 Å². The summed E-state index contributed by atoms with van der Waals surface area (Å²) in [4.78, 5) is -0.186. The minimum atomic E-state index is -4.51. The summed E-state index contributed by atoms with van der Waals surface area (Å²) >= 11 is 6.35. The first-order valence-electron chi connectivity index (χ1n) is 16.5. The molecule has 1 aliphatic heterocycles. The van der Waals surface area contributed by atoms with Gasteiger partial charge in [-0.25, -0.2) is 0 Å². The predicted octanol–water partition coefficient (Wildman–Crippen LogP) is 7.26. The Labute approximate surface area is 297 Å². The third-order valence-corrected chi connectivity index (χ3v) is 15.6. The number of hydrazine groups is 1. The van der Waals surface area contributed by atoms with E-state index in [9.17, 15) is 13.0 Å². The van der Waals surface area contributed by atoms with Gasteiger partial charge in [-0.2, -0.15) is 8.42 Å². The zero-order valence-electron chi connectivity index (χ0n) is 27.2. The standard InChI is InChI=1S/C41H36ClN2O4PS/c42-30-22-24-35-38(28-30)48-39-29-31(23-25-36(39)41(35)37-20-10-11-21-40(37)50(45,46)47)44(43)26-12-13-27-49(32-14-4-1-5-15-32,33-16-6-2-7-17-33)34-18-8-3-9-19-34/h1-11,14-25,28-29,49H,12-13,26-27,43H2/p+1/b44-31+. The molecular weight excluding hydrogens is 683 g/mol. The van der Waals surface area contributed by atoms with E-state index in [0.717, 1.165) is 24.4 Å². The van der Waals surface area contributed by atoms with E-state index in [1.165, 1.54) is 22.0 Å². The van der Waals surface area contributed by atoms with Crippen LogP contribution < -0.4 is 31.8 Å². The molecular formula is C41H37ClN2O4PS+. The first-order valence-corrected chi connectivity index (χ1v) is 20.5. The Morgan fingerprint density at radius 2 is 1.26 bits per heavy atom. The molecule has 0 aromatic heterocycles. The summed E-state index contributed by atoms with van der Waals surface area (Å²) in [5.74, 6) is 7.22. The first kappa shape index (κ1) is 33.7. The summed E-state index contributed by atoms with van der Waals surface area (Å²) in [5, 5.41) is 6.06. The van der Waals surface area contributed by atoms with Gasteiger partial charge < -0.3 is 0 Å². The molecule has 252 valence electrons. The summed E-state index contributed by atoms with van der Waals surface area (Å²) in [6.07, 6.45) is 2.86. The van der Waals surface area contributed by atoms with E-state index >= 15 is 0 Å². The number of nitrogens with zero attached hydrogens (tertiary/aromatic N) is 1. The zero-order chi connectivity index (χ0) is 34.7. The van der Waals surface area contributed by atoms with Crippen molar-refractivity contribution in [2.75, 3.05) is 12.7 Å². The van der Waals surface area contributed by atoms with Crippen LogP contribution in [0, 0.1) is 0 Å². The van der Waals surface area contributed by atoms with Crippen molar-refractivity contribution in [2.45, 2.75) is 17.7 Å². The van der Waals surface area contributed by atoms with Gasteiger partial charge in [-0.05, 0) is 12.1 Å². The van der Waals surface area contributed by atoms with E-state index in [1.807, 2.05) is 18.2 Å². The van der Waals surface area contributed by atoms with Crippen LogP contribution in [0.4, 0.5) is 0 Å².